The molecule has 0 saturated heterocycles. The van der Waals surface area contributed by atoms with Crippen LogP contribution in [0.25, 0.3) is 0 Å². The normalized spacial score (nSPS) is 29.6. The highest BCUT2D eigenvalue weighted by molar-refractivity contribution is 5.34. The first-order chi connectivity index (χ1) is 12.1. The molecule has 142 valence electrons. The summed E-state index contributed by atoms with van der Waals surface area (Å²) >= 11 is 0. The summed E-state index contributed by atoms with van der Waals surface area (Å²) in [6.07, 6.45) is 14.3. The second-order valence-electron chi connectivity index (χ2n) is 8.46. The molecule has 0 radical (unpaired) electrons. The monoisotopic (exact) mass is 344 g/mol. The highest BCUT2D eigenvalue weighted by atomic mass is 16.3. The van der Waals surface area contributed by atoms with Crippen LogP contribution in [-0.2, 0) is 6.42 Å². The van der Waals surface area contributed by atoms with E-state index in [1.54, 1.807) is 0 Å². The second-order valence-corrected chi connectivity index (χ2v) is 8.46. The SMILES string of the molecule is CC.Cc1cc(CCC2CCC(C3CCC(C)CC3)CC2)ccc1O. The number of rotatable bonds is 4. The van der Waals surface area contributed by atoms with Crippen LogP contribution >= 0.6 is 0 Å². The van der Waals surface area contributed by atoms with E-state index in [-0.39, 0.29) is 0 Å². The van der Waals surface area contributed by atoms with Gasteiger partial charge >= 0.3 is 0 Å². The first-order valence-corrected chi connectivity index (χ1v) is 10.9. The molecule has 2 saturated carbocycles. The minimum Gasteiger partial charge on any atom is -0.508 e. The van der Waals surface area contributed by atoms with Crippen molar-refractivity contribution in [2.75, 3.05) is 0 Å². The van der Waals surface area contributed by atoms with E-state index in [1.165, 1.54) is 69.8 Å². The largest absolute Gasteiger partial charge is 0.508 e. The van der Waals surface area contributed by atoms with Crippen molar-refractivity contribution in [3.63, 3.8) is 0 Å². The van der Waals surface area contributed by atoms with Crippen molar-refractivity contribution in [3.05, 3.63) is 29.3 Å². The number of phenolic OH excluding ortho intramolecular Hbond substituents is 1. The predicted molar refractivity (Wildman–Crippen MR) is 109 cm³/mol. The quantitative estimate of drug-likeness (QED) is 0.608. The van der Waals surface area contributed by atoms with Gasteiger partial charge in [-0.2, -0.15) is 0 Å². The first-order valence-electron chi connectivity index (χ1n) is 10.9. The summed E-state index contributed by atoms with van der Waals surface area (Å²) in [7, 11) is 0. The van der Waals surface area contributed by atoms with E-state index in [0.717, 1.165) is 29.2 Å². The highest BCUT2D eigenvalue weighted by Crippen LogP contribution is 2.42. The lowest BCUT2D eigenvalue weighted by Crippen LogP contribution is -2.25. The van der Waals surface area contributed by atoms with Crippen LogP contribution in [0.3, 0.4) is 0 Å². The average molecular weight is 345 g/mol. The third-order valence-corrected chi connectivity index (χ3v) is 6.72. The summed E-state index contributed by atoms with van der Waals surface area (Å²) in [5.41, 5.74) is 2.40. The molecule has 0 unspecified atom stereocenters. The van der Waals surface area contributed by atoms with Gasteiger partial charge in [0.1, 0.15) is 5.75 Å². The lowest BCUT2D eigenvalue weighted by atomic mass is 9.69. The van der Waals surface area contributed by atoms with Crippen LogP contribution in [0.5, 0.6) is 5.75 Å². The Morgan fingerprint density at radius 3 is 2.00 bits per heavy atom. The lowest BCUT2D eigenvalue weighted by molar-refractivity contribution is 0.148. The number of aromatic hydroxyl groups is 1. The van der Waals surface area contributed by atoms with Crippen LogP contribution in [0.1, 0.15) is 89.7 Å². The van der Waals surface area contributed by atoms with Gasteiger partial charge in [0.05, 0.1) is 0 Å². The van der Waals surface area contributed by atoms with Gasteiger partial charge in [0, 0.05) is 0 Å². The molecule has 0 aromatic heterocycles. The van der Waals surface area contributed by atoms with E-state index < -0.39 is 0 Å². The van der Waals surface area contributed by atoms with Gasteiger partial charge in [0.25, 0.3) is 0 Å². The maximum absolute atomic E-state index is 9.63. The van der Waals surface area contributed by atoms with Crippen LogP contribution in [0.15, 0.2) is 18.2 Å². The summed E-state index contributed by atoms with van der Waals surface area (Å²) in [5.74, 6) is 4.43. The minimum atomic E-state index is 0.427. The summed E-state index contributed by atoms with van der Waals surface area (Å²) in [6, 6.07) is 6.10. The van der Waals surface area contributed by atoms with Crippen molar-refractivity contribution >= 4 is 0 Å². The average Bonchev–Trinajstić information content (AvgIpc) is 2.65. The number of aryl methyl sites for hydroxylation is 2. The summed E-state index contributed by atoms with van der Waals surface area (Å²) in [4.78, 5) is 0. The Labute approximate surface area is 156 Å². The molecule has 2 aliphatic carbocycles. The number of benzene rings is 1. The molecule has 0 amide bonds. The van der Waals surface area contributed by atoms with Crippen molar-refractivity contribution in [3.8, 4) is 5.75 Å². The fourth-order valence-electron chi connectivity index (χ4n) is 4.95. The first kappa shape index (κ1) is 20.3. The topological polar surface area (TPSA) is 20.2 Å². The summed E-state index contributed by atoms with van der Waals surface area (Å²) in [6.45, 7) is 8.42. The lowest BCUT2D eigenvalue weighted by Gasteiger charge is -2.37. The van der Waals surface area contributed by atoms with Crippen LogP contribution in [-0.4, -0.2) is 5.11 Å². The van der Waals surface area contributed by atoms with Crippen molar-refractivity contribution in [1.29, 1.82) is 0 Å². The fraction of sp³-hybridized carbons (Fsp3) is 0.750. The van der Waals surface area contributed by atoms with Gasteiger partial charge in [-0.15, -0.1) is 0 Å². The van der Waals surface area contributed by atoms with Crippen molar-refractivity contribution in [2.24, 2.45) is 23.7 Å². The molecule has 0 aliphatic heterocycles. The number of hydrogen-bond donors (Lipinski definition) is 1. The minimum absolute atomic E-state index is 0.427. The Balaban J connectivity index is 0.00000109. The van der Waals surface area contributed by atoms with Gasteiger partial charge < -0.3 is 5.11 Å². The Bertz CT molecular complexity index is 491. The zero-order valence-corrected chi connectivity index (χ0v) is 17.1. The van der Waals surface area contributed by atoms with Crippen LogP contribution in [0.2, 0.25) is 0 Å². The molecule has 0 spiro atoms. The van der Waals surface area contributed by atoms with E-state index >= 15 is 0 Å². The summed E-state index contributed by atoms with van der Waals surface area (Å²) in [5, 5.41) is 9.63. The van der Waals surface area contributed by atoms with E-state index in [0.29, 0.717) is 5.75 Å². The van der Waals surface area contributed by atoms with E-state index in [4.69, 9.17) is 0 Å². The Morgan fingerprint density at radius 2 is 1.44 bits per heavy atom. The van der Waals surface area contributed by atoms with Gasteiger partial charge in [0.15, 0.2) is 0 Å². The molecule has 0 atom stereocenters. The molecule has 0 bridgehead atoms. The van der Waals surface area contributed by atoms with Gasteiger partial charge in [-0.1, -0.05) is 58.6 Å². The maximum Gasteiger partial charge on any atom is 0.118 e. The van der Waals surface area contributed by atoms with Gasteiger partial charge in [-0.25, -0.2) is 0 Å². The Morgan fingerprint density at radius 1 is 0.880 bits per heavy atom. The second kappa shape index (κ2) is 10.2. The van der Waals surface area contributed by atoms with Crippen LogP contribution in [0, 0.1) is 30.6 Å². The standard InChI is InChI=1S/C22H34O.C2H6/c1-16-3-10-20(11-4-16)21-12-7-18(8-13-21)5-6-19-9-14-22(23)17(2)15-19;1-2/h9,14-16,18,20-21,23H,3-8,10-13H2,1-2H3;1-2H3. The van der Waals surface area contributed by atoms with Crippen LogP contribution < -0.4 is 0 Å². The van der Waals surface area contributed by atoms with Gasteiger partial charge in [-0.05, 0) is 86.3 Å². The Hall–Kier alpha value is -0.980. The number of hydrogen-bond acceptors (Lipinski definition) is 1. The van der Waals surface area contributed by atoms with E-state index in [2.05, 4.69) is 19.1 Å². The van der Waals surface area contributed by atoms with Crippen LogP contribution in [0.4, 0.5) is 0 Å². The molecule has 1 aromatic carbocycles. The predicted octanol–water partition coefficient (Wildman–Crippen LogP) is 7.29. The third kappa shape index (κ3) is 6.04. The molecule has 3 rings (SSSR count). The van der Waals surface area contributed by atoms with Crippen molar-refractivity contribution in [2.45, 2.75) is 91.9 Å². The van der Waals surface area contributed by atoms with E-state index in [1.807, 2.05) is 26.8 Å². The fourth-order valence-corrected chi connectivity index (χ4v) is 4.95. The van der Waals surface area contributed by atoms with Gasteiger partial charge in [0.2, 0.25) is 0 Å². The third-order valence-electron chi connectivity index (χ3n) is 6.72. The Kier molecular flexibility index (Phi) is 8.33. The van der Waals surface area contributed by atoms with Crippen molar-refractivity contribution < 1.29 is 5.11 Å². The zero-order valence-electron chi connectivity index (χ0n) is 17.1. The molecule has 0 heterocycles. The molecule has 25 heavy (non-hydrogen) atoms. The maximum atomic E-state index is 9.63. The zero-order chi connectivity index (χ0) is 18.2. The molecule has 1 heteroatoms. The van der Waals surface area contributed by atoms with E-state index in [9.17, 15) is 5.11 Å². The highest BCUT2D eigenvalue weighted by Gasteiger charge is 2.29. The molecule has 1 N–H and O–H groups in total. The molecular weight excluding hydrogens is 304 g/mol. The molecule has 1 nitrogen and oxygen atoms in total. The summed E-state index contributed by atoms with van der Waals surface area (Å²) < 4.78 is 0. The number of phenols is 1. The smallest absolute Gasteiger partial charge is 0.118 e. The molecule has 2 aliphatic rings. The molecular formula is C24H40O. The molecule has 2 fully saturated rings. The van der Waals surface area contributed by atoms with Gasteiger partial charge in [-0.3, -0.25) is 0 Å². The van der Waals surface area contributed by atoms with Crippen molar-refractivity contribution in [1.82, 2.24) is 0 Å². The molecule has 1 aromatic rings.